The molecule has 30 heavy (non-hydrogen) atoms. The molecule has 1 aliphatic rings. The van der Waals surface area contributed by atoms with Gasteiger partial charge in [0, 0.05) is 6.04 Å². The van der Waals surface area contributed by atoms with Crippen LogP contribution in [0.3, 0.4) is 0 Å². The molecule has 1 N–H and O–H groups in total. The summed E-state index contributed by atoms with van der Waals surface area (Å²) in [4.78, 5) is 13.1. The molecule has 1 aliphatic carbocycles. The predicted octanol–water partition coefficient (Wildman–Crippen LogP) is 4.65. The smallest absolute Gasteiger partial charge is 0.264 e. The van der Waals surface area contributed by atoms with Crippen LogP contribution in [0.4, 0.5) is 5.69 Å². The Labute approximate surface area is 180 Å². The lowest BCUT2D eigenvalue weighted by Gasteiger charge is -2.27. The van der Waals surface area contributed by atoms with Crippen molar-refractivity contribution >= 4 is 21.6 Å². The van der Waals surface area contributed by atoms with E-state index >= 15 is 0 Å². The number of rotatable bonds is 6. The standard InChI is InChI=1S/C24H32N2O3S/c1-18-11-14-22(15-12-18)30(28,29)26(23-16-19(2)10-13-20(23)3)17-24(27)25-21-8-6-4-5-7-9-21/h10-16,21H,4-9,17H2,1-3H3,(H,25,27). The number of nitrogens with one attached hydrogen (secondary N) is 1. The highest BCUT2D eigenvalue weighted by Crippen LogP contribution is 2.28. The first-order valence-electron chi connectivity index (χ1n) is 10.7. The Balaban J connectivity index is 1.92. The Kier molecular flexibility index (Phi) is 7.19. The highest BCUT2D eigenvalue weighted by atomic mass is 32.2. The first kappa shape index (κ1) is 22.3. The van der Waals surface area contributed by atoms with E-state index in [1.54, 1.807) is 24.3 Å². The van der Waals surface area contributed by atoms with Crippen LogP contribution in [-0.4, -0.2) is 26.9 Å². The lowest BCUT2D eigenvalue weighted by atomic mass is 10.1. The Bertz CT molecular complexity index is 976. The zero-order valence-electron chi connectivity index (χ0n) is 18.1. The topological polar surface area (TPSA) is 66.5 Å². The number of hydrogen-bond donors (Lipinski definition) is 1. The van der Waals surface area contributed by atoms with E-state index in [9.17, 15) is 13.2 Å². The summed E-state index contributed by atoms with van der Waals surface area (Å²) in [5.74, 6) is -0.251. The number of benzene rings is 2. The molecular formula is C24H32N2O3S. The van der Waals surface area contributed by atoms with Crippen LogP contribution in [0.1, 0.15) is 55.2 Å². The largest absolute Gasteiger partial charge is 0.352 e. The highest BCUT2D eigenvalue weighted by Gasteiger charge is 2.29. The first-order valence-corrected chi connectivity index (χ1v) is 12.2. The van der Waals surface area contributed by atoms with Crippen LogP contribution < -0.4 is 9.62 Å². The van der Waals surface area contributed by atoms with Crippen LogP contribution in [0.5, 0.6) is 0 Å². The van der Waals surface area contributed by atoms with Gasteiger partial charge in [0.2, 0.25) is 5.91 Å². The van der Waals surface area contributed by atoms with Crippen LogP contribution >= 0.6 is 0 Å². The van der Waals surface area contributed by atoms with Crippen molar-refractivity contribution in [1.82, 2.24) is 5.32 Å². The molecule has 0 saturated heterocycles. The summed E-state index contributed by atoms with van der Waals surface area (Å²) >= 11 is 0. The van der Waals surface area contributed by atoms with Gasteiger partial charge in [0.05, 0.1) is 10.6 Å². The summed E-state index contributed by atoms with van der Waals surface area (Å²) in [6.07, 6.45) is 6.52. The van der Waals surface area contributed by atoms with Crippen molar-refractivity contribution in [2.75, 3.05) is 10.8 Å². The SMILES string of the molecule is Cc1ccc(S(=O)(=O)N(CC(=O)NC2CCCCCC2)c2cc(C)ccc2C)cc1. The van der Waals surface area contributed by atoms with Crippen molar-refractivity contribution in [2.24, 2.45) is 0 Å². The molecule has 1 amide bonds. The molecule has 2 aromatic carbocycles. The van der Waals surface area contributed by atoms with Gasteiger partial charge in [-0.2, -0.15) is 0 Å². The maximum absolute atomic E-state index is 13.5. The van der Waals surface area contributed by atoms with Crippen molar-refractivity contribution < 1.29 is 13.2 Å². The number of carbonyl (C=O) groups is 1. The minimum Gasteiger partial charge on any atom is -0.352 e. The van der Waals surface area contributed by atoms with E-state index in [-0.39, 0.29) is 23.4 Å². The molecule has 0 aromatic heterocycles. The number of carbonyl (C=O) groups excluding carboxylic acids is 1. The fourth-order valence-corrected chi connectivity index (χ4v) is 5.43. The molecular weight excluding hydrogens is 396 g/mol. The normalized spacial score (nSPS) is 15.4. The van der Waals surface area contributed by atoms with Gasteiger partial charge in [-0.3, -0.25) is 9.10 Å². The van der Waals surface area contributed by atoms with Crippen molar-refractivity contribution in [3.8, 4) is 0 Å². The highest BCUT2D eigenvalue weighted by molar-refractivity contribution is 7.92. The van der Waals surface area contributed by atoms with E-state index in [4.69, 9.17) is 0 Å². The van der Waals surface area contributed by atoms with Gasteiger partial charge in [-0.25, -0.2) is 8.42 Å². The summed E-state index contributed by atoms with van der Waals surface area (Å²) in [6, 6.07) is 12.6. The summed E-state index contributed by atoms with van der Waals surface area (Å²) in [5, 5.41) is 3.08. The second-order valence-corrected chi connectivity index (χ2v) is 10.2. The van der Waals surface area contributed by atoms with Crippen molar-refractivity contribution in [1.29, 1.82) is 0 Å². The summed E-state index contributed by atoms with van der Waals surface area (Å²) in [5.41, 5.74) is 3.30. The van der Waals surface area contributed by atoms with Gasteiger partial charge in [0.15, 0.2) is 0 Å². The average molecular weight is 429 g/mol. The molecule has 1 fully saturated rings. The maximum atomic E-state index is 13.5. The molecule has 0 heterocycles. The fourth-order valence-electron chi connectivity index (χ4n) is 3.95. The minimum absolute atomic E-state index is 0.127. The van der Waals surface area contributed by atoms with Gasteiger partial charge in [-0.15, -0.1) is 0 Å². The van der Waals surface area contributed by atoms with E-state index in [1.807, 2.05) is 39.0 Å². The Morgan fingerprint density at radius 2 is 1.53 bits per heavy atom. The van der Waals surface area contributed by atoms with Crippen LogP contribution in [0.15, 0.2) is 47.4 Å². The number of nitrogens with zero attached hydrogens (tertiary/aromatic N) is 1. The molecule has 0 spiro atoms. The fraction of sp³-hybridized carbons (Fsp3) is 0.458. The molecule has 5 nitrogen and oxygen atoms in total. The molecule has 0 atom stereocenters. The molecule has 6 heteroatoms. The lowest BCUT2D eigenvalue weighted by molar-refractivity contribution is -0.120. The van der Waals surface area contributed by atoms with Crippen LogP contribution in [0.25, 0.3) is 0 Å². The van der Waals surface area contributed by atoms with Gasteiger partial charge < -0.3 is 5.32 Å². The van der Waals surface area contributed by atoms with Gasteiger partial charge in [0.1, 0.15) is 6.54 Å². The van der Waals surface area contributed by atoms with E-state index in [0.29, 0.717) is 5.69 Å². The van der Waals surface area contributed by atoms with E-state index in [0.717, 1.165) is 42.4 Å². The Morgan fingerprint density at radius 1 is 0.933 bits per heavy atom. The predicted molar refractivity (Wildman–Crippen MR) is 121 cm³/mol. The van der Waals surface area contributed by atoms with Crippen molar-refractivity contribution in [2.45, 2.75) is 70.2 Å². The maximum Gasteiger partial charge on any atom is 0.264 e. The van der Waals surface area contributed by atoms with Gasteiger partial charge >= 0.3 is 0 Å². The van der Waals surface area contributed by atoms with Crippen molar-refractivity contribution in [3.63, 3.8) is 0 Å². The lowest BCUT2D eigenvalue weighted by Crippen LogP contribution is -2.44. The second-order valence-electron chi connectivity index (χ2n) is 8.37. The van der Waals surface area contributed by atoms with Gasteiger partial charge in [-0.1, -0.05) is 55.5 Å². The van der Waals surface area contributed by atoms with Crippen LogP contribution in [-0.2, 0) is 14.8 Å². The number of aryl methyl sites for hydroxylation is 3. The quantitative estimate of drug-likeness (QED) is 0.681. The van der Waals surface area contributed by atoms with E-state index in [2.05, 4.69) is 5.32 Å². The number of anilines is 1. The minimum atomic E-state index is -3.88. The monoisotopic (exact) mass is 428 g/mol. The van der Waals surface area contributed by atoms with Crippen LogP contribution in [0, 0.1) is 20.8 Å². The van der Waals surface area contributed by atoms with E-state index in [1.165, 1.54) is 17.1 Å². The molecule has 0 bridgehead atoms. The Hall–Kier alpha value is -2.34. The van der Waals surface area contributed by atoms with Gasteiger partial charge in [-0.05, 0) is 62.9 Å². The molecule has 1 saturated carbocycles. The molecule has 2 aromatic rings. The summed E-state index contributed by atoms with van der Waals surface area (Å²) in [6.45, 7) is 5.48. The molecule has 162 valence electrons. The molecule has 0 unspecified atom stereocenters. The third kappa shape index (κ3) is 5.42. The third-order valence-electron chi connectivity index (χ3n) is 5.75. The van der Waals surface area contributed by atoms with Crippen molar-refractivity contribution in [3.05, 3.63) is 59.2 Å². The molecule has 0 aliphatic heterocycles. The third-order valence-corrected chi connectivity index (χ3v) is 7.52. The Morgan fingerprint density at radius 3 is 2.17 bits per heavy atom. The number of hydrogen-bond acceptors (Lipinski definition) is 3. The number of amides is 1. The zero-order valence-corrected chi connectivity index (χ0v) is 19.0. The summed E-state index contributed by atoms with van der Waals surface area (Å²) in [7, 11) is -3.88. The summed E-state index contributed by atoms with van der Waals surface area (Å²) < 4.78 is 28.3. The number of sulfonamides is 1. The van der Waals surface area contributed by atoms with E-state index < -0.39 is 10.0 Å². The molecule has 0 radical (unpaired) electrons. The zero-order chi connectivity index (χ0) is 21.7. The average Bonchev–Trinajstić information content (AvgIpc) is 2.97. The van der Waals surface area contributed by atoms with Crippen LogP contribution in [0.2, 0.25) is 0 Å². The first-order chi connectivity index (χ1) is 14.3. The molecule has 3 rings (SSSR count). The second kappa shape index (κ2) is 9.65. The van der Waals surface area contributed by atoms with Gasteiger partial charge in [0.25, 0.3) is 10.0 Å².